The van der Waals surface area contributed by atoms with Gasteiger partial charge in [-0.1, -0.05) is 0 Å². The van der Waals surface area contributed by atoms with Gasteiger partial charge in [0.05, 0.1) is 23.6 Å². The van der Waals surface area contributed by atoms with Crippen LogP contribution in [0.3, 0.4) is 0 Å². The molecule has 3 heterocycles. The third-order valence-electron chi connectivity index (χ3n) is 5.57. The molecule has 1 saturated heterocycles. The van der Waals surface area contributed by atoms with Crippen LogP contribution in [-0.4, -0.2) is 56.4 Å². The predicted molar refractivity (Wildman–Crippen MR) is 94.8 cm³/mol. The molecule has 1 aliphatic carbocycles. The zero-order valence-corrected chi connectivity index (χ0v) is 15.1. The SMILES string of the molecule is Cc1ccc(O[C@@H]2C[C@@H]3CN(C(=O)c4cn[nH]c4)C[C@@H]3C[C@H]2O)c(C)n1. The molecule has 0 unspecified atom stereocenters. The summed E-state index contributed by atoms with van der Waals surface area (Å²) >= 11 is 0. The highest BCUT2D eigenvalue weighted by molar-refractivity contribution is 5.93. The van der Waals surface area contributed by atoms with Crippen molar-refractivity contribution in [2.24, 2.45) is 11.8 Å². The molecule has 138 valence electrons. The summed E-state index contributed by atoms with van der Waals surface area (Å²) in [5.74, 6) is 1.39. The van der Waals surface area contributed by atoms with Gasteiger partial charge in [-0.2, -0.15) is 5.10 Å². The molecule has 2 aliphatic rings. The van der Waals surface area contributed by atoms with Crippen LogP contribution >= 0.6 is 0 Å². The average Bonchev–Trinajstić information content (AvgIpc) is 3.26. The van der Waals surface area contributed by atoms with Crippen molar-refractivity contribution < 1.29 is 14.6 Å². The number of aromatic amines is 1. The van der Waals surface area contributed by atoms with E-state index < -0.39 is 6.10 Å². The fraction of sp³-hybridized carbons (Fsp3) is 0.526. The first kappa shape index (κ1) is 17.0. The zero-order valence-electron chi connectivity index (χ0n) is 15.1. The molecular weight excluding hydrogens is 332 g/mol. The lowest BCUT2D eigenvalue weighted by molar-refractivity contribution is -0.0236. The number of fused-ring (bicyclic) bond motifs is 1. The van der Waals surface area contributed by atoms with Gasteiger partial charge in [-0.05, 0) is 50.7 Å². The Bertz CT molecular complexity index is 792. The molecule has 7 nitrogen and oxygen atoms in total. The summed E-state index contributed by atoms with van der Waals surface area (Å²) in [7, 11) is 0. The quantitative estimate of drug-likeness (QED) is 0.874. The number of carbonyl (C=O) groups is 1. The first-order valence-electron chi connectivity index (χ1n) is 9.08. The smallest absolute Gasteiger partial charge is 0.257 e. The van der Waals surface area contributed by atoms with E-state index in [2.05, 4.69) is 15.2 Å². The number of hydrogen-bond acceptors (Lipinski definition) is 5. The first-order chi connectivity index (χ1) is 12.5. The van der Waals surface area contributed by atoms with Crippen LogP contribution in [0.1, 0.15) is 34.6 Å². The summed E-state index contributed by atoms with van der Waals surface area (Å²) in [6.07, 6.45) is 3.79. The third kappa shape index (κ3) is 3.19. The highest BCUT2D eigenvalue weighted by atomic mass is 16.5. The molecule has 0 radical (unpaired) electrons. The van der Waals surface area contributed by atoms with E-state index in [1.54, 1.807) is 12.4 Å². The van der Waals surface area contributed by atoms with Crippen LogP contribution in [0.25, 0.3) is 0 Å². The van der Waals surface area contributed by atoms with Crippen LogP contribution in [0.2, 0.25) is 0 Å². The van der Waals surface area contributed by atoms with Gasteiger partial charge in [-0.15, -0.1) is 0 Å². The number of aliphatic hydroxyl groups excluding tert-OH is 1. The number of nitrogens with zero attached hydrogens (tertiary/aromatic N) is 3. The molecule has 1 aliphatic heterocycles. The van der Waals surface area contributed by atoms with Crippen LogP contribution < -0.4 is 4.74 Å². The minimum Gasteiger partial charge on any atom is -0.486 e. The molecule has 2 N–H and O–H groups in total. The molecule has 7 heteroatoms. The van der Waals surface area contributed by atoms with Gasteiger partial charge in [0.1, 0.15) is 11.9 Å². The highest BCUT2D eigenvalue weighted by Gasteiger charge is 2.44. The largest absolute Gasteiger partial charge is 0.486 e. The molecule has 4 rings (SSSR count). The van der Waals surface area contributed by atoms with E-state index in [-0.39, 0.29) is 12.0 Å². The minimum atomic E-state index is -0.527. The van der Waals surface area contributed by atoms with Crippen molar-refractivity contribution in [1.29, 1.82) is 0 Å². The van der Waals surface area contributed by atoms with Crippen molar-refractivity contribution >= 4 is 5.91 Å². The van der Waals surface area contributed by atoms with Crippen LogP contribution in [0.15, 0.2) is 24.5 Å². The Morgan fingerprint density at radius 2 is 2.04 bits per heavy atom. The van der Waals surface area contributed by atoms with Crippen molar-refractivity contribution in [2.45, 2.75) is 38.9 Å². The summed E-state index contributed by atoms with van der Waals surface area (Å²) in [4.78, 5) is 18.8. The Labute approximate surface area is 152 Å². The highest BCUT2D eigenvalue weighted by Crippen LogP contribution is 2.38. The lowest BCUT2D eigenvalue weighted by Crippen LogP contribution is -2.42. The molecular formula is C19H24N4O3. The fourth-order valence-electron chi connectivity index (χ4n) is 4.19. The standard InChI is InChI=1S/C19H24N4O3/c1-11-3-4-17(12(2)22-11)26-18-6-14-10-23(9-13(14)5-16(18)24)19(25)15-7-20-21-8-15/h3-4,7-8,13-14,16,18,24H,5-6,9-10H2,1-2H3,(H,20,21)/t13-,14+,16+,18+/m0/s1. The predicted octanol–water partition coefficient (Wildman–Crippen LogP) is 1.71. The van der Waals surface area contributed by atoms with E-state index in [1.807, 2.05) is 30.9 Å². The molecule has 2 aromatic heterocycles. The fourth-order valence-corrected chi connectivity index (χ4v) is 4.19. The van der Waals surface area contributed by atoms with Gasteiger partial charge >= 0.3 is 0 Å². The van der Waals surface area contributed by atoms with Gasteiger partial charge in [0.2, 0.25) is 0 Å². The lowest BCUT2D eigenvalue weighted by atomic mass is 9.78. The Balaban J connectivity index is 1.43. The molecule has 0 spiro atoms. The van der Waals surface area contributed by atoms with Crippen LogP contribution in [-0.2, 0) is 0 Å². The van der Waals surface area contributed by atoms with Gasteiger partial charge in [0.15, 0.2) is 0 Å². The Hall–Kier alpha value is -2.41. The van der Waals surface area contributed by atoms with Crippen molar-refractivity contribution in [3.63, 3.8) is 0 Å². The molecule has 2 fully saturated rings. The number of pyridine rings is 1. The number of carbonyl (C=O) groups excluding carboxylic acids is 1. The number of aryl methyl sites for hydroxylation is 2. The maximum atomic E-state index is 12.5. The Morgan fingerprint density at radius 3 is 2.73 bits per heavy atom. The number of amides is 1. The van der Waals surface area contributed by atoms with E-state index in [0.717, 1.165) is 23.6 Å². The second kappa shape index (κ2) is 6.72. The minimum absolute atomic E-state index is 0.00122. The summed E-state index contributed by atoms with van der Waals surface area (Å²) in [5, 5.41) is 17.1. The Kier molecular flexibility index (Phi) is 4.40. The number of likely N-dealkylation sites (tertiary alicyclic amines) is 1. The van der Waals surface area contributed by atoms with Gasteiger partial charge in [-0.25, -0.2) is 0 Å². The normalized spacial score (nSPS) is 28.0. The third-order valence-corrected chi connectivity index (χ3v) is 5.57. The van der Waals surface area contributed by atoms with E-state index in [4.69, 9.17) is 4.74 Å². The van der Waals surface area contributed by atoms with E-state index in [0.29, 0.717) is 36.9 Å². The number of rotatable bonds is 3. The lowest BCUT2D eigenvalue weighted by Gasteiger charge is -2.35. The van der Waals surface area contributed by atoms with Crippen LogP contribution in [0.5, 0.6) is 5.75 Å². The molecule has 26 heavy (non-hydrogen) atoms. The van der Waals surface area contributed by atoms with Crippen molar-refractivity contribution in [2.75, 3.05) is 13.1 Å². The number of H-pyrrole nitrogens is 1. The zero-order chi connectivity index (χ0) is 18.3. The molecule has 2 aromatic rings. The molecule has 1 saturated carbocycles. The maximum absolute atomic E-state index is 12.5. The van der Waals surface area contributed by atoms with E-state index in [9.17, 15) is 9.90 Å². The summed E-state index contributed by atoms with van der Waals surface area (Å²) in [5.41, 5.74) is 2.36. The summed E-state index contributed by atoms with van der Waals surface area (Å²) in [6.45, 7) is 5.25. The molecule has 0 bridgehead atoms. The second-order valence-corrected chi connectivity index (χ2v) is 7.45. The number of ether oxygens (including phenoxy) is 1. The molecule has 0 aromatic carbocycles. The van der Waals surface area contributed by atoms with E-state index >= 15 is 0 Å². The summed E-state index contributed by atoms with van der Waals surface area (Å²) < 4.78 is 6.10. The Morgan fingerprint density at radius 1 is 1.27 bits per heavy atom. The van der Waals surface area contributed by atoms with E-state index in [1.165, 1.54) is 0 Å². The topological polar surface area (TPSA) is 91.3 Å². The number of aromatic nitrogens is 3. The second-order valence-electron chi connectivity index (χ2n) is 7.45. The molecule has 1 amide bonds. The van der Waals surface area contributed by atoms with Crippen LogP contribution in [0, 0.1) is 25.7 Å². The van der Waals surface area contributed by atoms with Gasteiger partial charge in [-0.3, -0.25) is 14.9 Å². The van der Waals surface area contributed by atoms with Gasteiger partial charge in [0.25, 0.3) is 5.91 Å². The van der Waals surface area contributed by atoms with Crippen LogP contribution in [0.4, 0.5) is 0 Å². The number of hydrogen-bond donors (Lipinski definition) is 2. The maximum Gasteiger partial charge on any atom is 0.257 e. The van der Waals surface area contributed by atoms with Crippen molar-refractivity contribution in [1.82, 2.24) is 20.1 Å². The van der Waals surface area contributed by atoms with Crippen molar-refractivity contribution in [3.8, 4) is 5.75 Å². The average molecular weight is 356 g/mol. The number of aliphatic hydroxyl groups is 1. The monoisotopic (exact) mass is 356 g/mol. The van der Waals surface area contributed by atoms with Gasteiger partial charge in [0, 0.05) is 25.0 Å². The van der Waals surface area contributed by atoms with Gasteiger partial charge < -0.3 is 14.7 Å². The first-order valence-corrected chi connectivity index (χ1v) is 9.08. The summed E-state index contributed by atoms with van der Waals surface area (Å²) in [6, 6.07) is 3.83. The molecule has 4 atom stereocenters. The number of nitrogens with one attached hydrogen (secondary N) is 1. The van der Waals surface area contributed by atoms with Crippen molar-refractivity contribution in [3.05, 3.63) is 41.5 Å².